The smallest absolute Gasteiger partial charge is 0.227 e. The number of nitrogens with zero attached hydrogens (tertiary/aromatic N) is 6. The van der Waals surface area contributed by atoms with Gasteiger partial charge in [-0.05, 0) is 52.9 Å². The topological polar surface area (TPSA) is 82.5 Å². The molecule has 4 aromatic rings. The lowest BCUT2D eigenvalue weighted by Gasteiger charge is -2.04. The molecule has 3 aromatic heterocycles. The fraction of sp³-hybridized carbons (Fsp3) is 0.235. The number of hydrogen-bond acceptors (Lipinski definition) is 8. The number of benzene rings is 1. The second kappa shape index (κ2) is 7.79. The van der Waals surface area contributed by atoms with E-state index in [2.05, 4.69) is 44.7 Å². The Morgan fingerprint density at radius 2 is 2.19 bits per heavy atom. The van der Waals surface area contributed by atoms with Crippen LogP contribution in [0.3, 0.4) is 0 Å². The Balaban J connectivity index is 1.33. The van der Waals surface area contributed by atoms with Gasteiger partial charge in [-0.2, -0.15) is 9.67 Å². The molecule has 0 amide bonds. The molecule has 0 spiro atoms. The van der Waals surface area contributed by atoms with Crippen molar-refractivity contribution in [2.24, 2.45) is 0 Å². The third kappa shape index (κ3) is 3.83. The molecular formula is C17H16N6OS2. The minimum atomic E-state index is 0.658. The van der Waals surface area contributed by atoms with Gasteiger partial charge in [0.15, 0.2) is 0 Å². The molecule has 7 nitrogen and oxygen atoms in total. The second-order valence-electron chi connectivity index (χ2n) is 5.65. The van der Waals surface area contributed by atoms with Gasteiger partial charge in [0.25, 0.3) is 0 Å². The van der Waals surface area contributed by atoms with Crippen molar-refractivity contribution in [2.45, 2.75) is 24.9 Å². The maximum atomic E-state index is 5.32. The number of aryl methyl sites for hydroxylation is 2. The minimum absolute atomic E-state index is 0.658. The number of thioether (sulfide) groups is 1. The lowest BCUT2D eigenvalue weighted by molar-refractivity contribution is 0.378. The highest BCUT2D eigenvalue weighted by molar-refractivity contribution is 7.99. The molecule has 0 aliphatic rings. The third-order valence-electron chi connectivity index (χ3n) is 3.66. The van der Waals surface area contributed by atoms with Gasteiger partial charge in [-0.1, -0.05) is 35.1 Å². The molecular weight excluding hydrogens is 368 g/mol. The van der Waals surface area contributed by atoms with Crippen LogP contribution in [-0.4, -0.2) is 36.1 Å². The van der Waals surface area contributed by atoms with E-state index >= 15 is 0 Å². The first-order chi connectivity index (χ1) is 12.8. The van der Waals surface area contributed by atoms with Gasteiger partial charge in [0.2, 0.25) is 16.9 Å². The van der Waals surface area contributed by atoms with Crippen LogP contribution in [0.2, 0.25) is 0 Å². The summed E-state index contributed by atoms with van der Waals surface area (Å²) in [5.74, 6) is 2.18. The summed E-state index contributed by atoms with van der Waals surface area (Å²) < 4.78 is 7.09. The summed E-state index contributed by atoms with van der Waals surface area (Å²) in [5.41, 5.74) is 2.14. The lowest BCUT2D eigenvalue weighted by Crippen LogP contribution is -2.00. The van der Waals surface area contributed by atoms with Crippen molar-refractivity contribution in [1.82, 2.24) is 30.3 Å². The van der Waals surface area contributed by atoms with E-state index in [1.54, 1.807) is 27.8 Å². The van der Waals surface area contributed by atoms with Crippen molar-refractivity contribution in [3.63, 3.8) is 0 Å². The highest BCUT2D eigenvalue weighted by atomic mass is 32.2. The van der Waals surface area contributed by atoms with E-state index in [-0.39, 0.29) is 0 Å². The van der Waals surface area contributed by atoms with E-state index in [1.165, 1.54) is 5.56 Å². The lowest BCUT2D eigenvalue weighted by atomic mass is 10.2. The maximum absolute atomic E-state index is 5.32. The van der Waals surface area contributed by atoms with E-state index in [9.17, 15) is 0 Å². The normalized spacial score (nSPS) is 11.1. The Labute approximate surface area is 158 Å². The van der Waals surface area contributed by atoms with Gasteiger partial charge >= 0.3 is 0 Å². The van der Waals surface area contributed by atoms with Gasteiger partial charge in [0, 0.05) is 12.2 Å². The summed E-state index contributed by atoms with van der Waals surface area (Å²) in [6.45, 7) is 2.05. The zero-order valence-corrected chi connectivity index (χ0v) is 15.7. The molecule has 0 saturated carbocycles. The fourth-order valence-electron chi connectivity index (χ4n) is 2.44. The Morgan fingerprint density at radius 3 is 3.04 bits per heavy atom. The van der Waals surface area contributed by atoms with E-state index in [0.29, 0.717) is 11.7 Å². The number of tetrazole rings is 1. The van der Waals surface area contributed by atoms with Gasteiger partial charge < -0.3 is 4.52 Å². The van der Waals surface area contributed by atoms with Crippen LogP contribution in [0.4, 0.5) is 0 Å². The van der Waals surface area contributed by atoms with Crippen molar-refractivity contribution in [2.75, 3.05) is 5.75 Å². The summed E-state index contributed by atoms with van der Waals surface area (Å²) in [5, 5.41) is 18.8. The Hall–Kier alpha value is -2.52. The van der Waals surface area contributed by atoms with E-state index in [1.807, 2.05) is 29.6 Å². The van der Waals surface area contributed by atoms with Crippen LogP contribution >= 0.6 is 23.1 Å². The summed E-state index contributed by atoms with van der Waals surface area (Å²) in [6.07, 6.45) is 1.63. The average molecular weight is 384 g/mol. The predicted octanol–water partition coefficient (Wildman–Crippen LogP) is 3.81. The molecule has 0 unspecified atom stereocenters. The van der Waals surface area contributed by atoms with Crippen LogP contribution in [-0.2, 0) is 6.42 Å². The Bertz CT molecular complexity index is 979. The first kappa shape index (κ1) is 16.9. The molecule has 0 atom stereocenters. The average Bonchev–Trinajstić information content (AvgIpc) is 3.39. The van der Waals surface area contributed by atoms with Gasteiger partial charge in [0.1, 0.15) is 0 Å². The molecule has 0 radical (unpaired) electrons. The van der Waals surface area contributed by atoms with Crippen molar-refractivity contribution in [1.29, 1.82) is 0 Å². The molecule has 0 aliphatic heterocycles. The zero-order valence-electron chi connectivity index (χ0n) is 14.1. The quantitative estimate of drug-likeness (QED) is 0.354. The highest BCUT2D eigenvalue weighted by Gasteiger charge is 2.11. The first-order valence-electron chi connectivity index (χ1n) is 8.14. The number of rotatable bonds is 7. The summed E-state index contributed by atoms with van der Waals surface area (Å²) in [6, 6.07) is 12.1. The van der Waals surface area contributed by atoms with Gasteiger partial charge in [-0.15, -0.1) is 16.4 Å². The standard InChI is InChI=1S/C17H16N6OS2/c1-12-5-2-6-13(11-12)23-17(19-21-22-23)26-10-4-8-15-18-16(20-24-15)14-7-3-9-25-14/h2-3,5-7,9,11H,4,8,10H2,1H3. The van der Waals surface area contributed by atoms with Crippen LogP contribution in [0.1, 0.15) is 17.9 Å². The molecule has 0 bridgehead atoms. The molecule has 3 heterocycles. The zero-order chi connectivity index (χ0) is 17.8. The van der Waals surface area contributed by atoms with Crippen molar-refractivity contribution in [3.05, 3.63) is 53.2 Å². The summed E-state index contributed by atoms with van der Waals surface area (Å²) in [4.78, 5) is 5.46. The first-order valence-corrected chi connectivity index (χ1v) is 10.0. The Morgan fingerprint density at radius 1 is 1.23 bits per heavy atom. The molecule has 9 heteroatoms. The molecule has 0 fully saturated rings. The molecule has 0 aliphatic carbocycles. The summed E-state index contributed by atoms with van der Waals surface area (Å²) >= 11 is 3.22. The van der Waals surface area contributed by atoms with Crippen molar-refractivity contribution in [3.8, 4) is 16.4 Å². The fourth-order valence-corrected chi connectivity index (χ4v) is 3.92. The molecule has 1 aromatic carbocycles. The van der Waals surface area contributed by atoms with Crippen LogP contribution in [0.15, 0.2) is 51.5 Å². The molecule has 0 saturated heterocycles. The van der Waals surface area contributed by atoms with Crippen LogP contribution < -0.4 is 0 Å². The monoisotopic (exact) mass is 384 g/mol. The van der Waals surface area contributed by atoms with Crippen molar-refractivity contribution >= 4 is 23.1 Å². The number of aromatic nitrogens is 6. The second-order valence-corrected chi connectivity index (χ2v) is 7.66. The number of hydrogen-bond donors (Lipinski definition) is 0. The highest BCUT2D eigenvalue weighted by Crippen LogP contribution is 2.23. The van der Waals surface area contributed by atoms with Crippen LogP contribution in [0.25, 0.3) is 16.4 Å². The van der Waals surface area contributed by atoms with E-state index in [0.717, 1.165) is 34.3 Å². The minimum Gasteiger partial charge on any atom is -0.339 e. The SMILES string of the molecule is Cc1cccc(-n2nnnc2SCCCc2nc(-c3cccs3)no2)c1. The van der Waals surface area contributed by atoms with E-state index in [4.69, 9.17) is 4.52 Å². The van der Waals surface area contributed by atoms with Crippen LogP contribution in [0.5, 0.6) is 0 Å². The van der Waals surface area contributed by atoms with Crippen LogP contribution in [0, 0.1) is 6.92 Å². The van der Waals surface area contributed by atoms with Crippen molar-refractivity contribution < 1.29 is 4.52 Å². The maximum Gasteiger partial charge on any atom is 0.227 e. The number of thiophene rings is 1. The third-order valence-corrected chi connectivity index (χ3v) is 5.53. The molecule has 0 N–H and O–H groups in total. The predicted molar refractivity (Wildman–Crippen MR) is 101 cm³/mol. The largest absolute Gasteiger partial charge is 0.339 e. The van der Waals surface area contributed by atoms with Gasteiger partial charge in [-0.25, -0.2) is 0 Å². The molecule has 26 heavy (non-hydrogen) atoms. The summed E-state index contributed by atoms with van der Waals surface area (Å²) in [7, 11) is 0. The molecule has 4 rings (SSSR count). The molecule has 132 valence electrons. The van der Waals surface area contributed by atoms with E-state index < -0.39 is 0 Å². The van der Waals surface area contributed by atoms with Gasteiger partial charge in [-0.3, -0.25) is 0 Å². The Kier molecular flexibility index (Phi) is 5.07. The van der Waals surface area contributed by atoms with Gasteiger partial charge in [0.05, 0.1) is 10.6 Å².